The van der Waals surface area contributed by atoms with E-state index in [1.807, 2.05) is 11.7 Å². The topological polar surface area (TPSA) is 55.6 Å². The monoisotopic (exact) mass is 189 g/mol. The van der Waals surface area contributed by atoms with Crippen LogP contribution in [-0.2, 0) is 13.5 Å². The van der Waals surface area contributed by atoms with Crippen molar-refractivity contribution in [1.29, 1.82) is 0 Å². The van der Waals surface area contributed by atoms with Gasteiger partial charge in [-0.15, -0.1) is 0 Å². The van der Waals surface area contributed by atoms with Gasteiger partial charge >= 0.3 is 0 Å². The van der Waals surface area contributed by atoms with Gasteiger partial charge in [-0.3, -0.25) is 4.68 Å². The van der Waals surface area contributed by atoms with Gasteiger partial charge in [-0.05, 0) is 12.8 Å². The minimum atomic E-state index is 0.916. The summed E-state index contributed by atoms with van der Waals surface area (Å²) in [6.07, 6.45) is 3.69. The molecule has 5 nitrogen and oxygen atoms in total. The van der Waals surface area contributed by atoms with Crippen molar-refractivity contribution >= 4 is 16.9 Å². The number of aryl methyl sites for hydroxylation is 2. The maximum Gasteiger partial charge on any atom is 0.163 e. The number of aromatic nitrogens is 4. The van der Waals surface area contributed by atoms with E-state index in [-0.39, 0.29) is 0 Å². The van der Waals surface area contributed by atoms with Gasteiger partial charge in [0.25, 0.3) is 0 Å². The molecule has 0 aliphatic carbocycles. The zero-order valence-electron chi connectivity index (χ0n) is 7.99. The number of rotatable bonds is 0. The molecule has 5 heteroatoms. The van der Waals surface area contributed by atoms with E-state index in [1.165, 1.54) is 0 Å². The minimum Gasteiger partial charge on any atom is -0.369 e. The van der Waals surface area contributed by atoms with Crippen molar-refractivity contribution in [2.45, 2.75) is 12.8 Å². The van der Waals surface area contributed by atoms with Crippen LogP contribution in [0, 0.1) is 0 Å². The van der Waals surface area contributed by atoms with Crippen LogP contribution in [0.3, 0.4) is 0 Å². The van der Waals surface area contributed by atoms with Crippen LogP contribution in [0.4, 0.5) is 5.82 Å². The van der Waals surface area contributed by atoms with Crippen LogP contribution in [-0.4, -0.2) is 26.3 Å². The van der Waals surface area contributed by atoms with Gasteiger partial charge in [0.2, 0.25) is 0 Å². The number of hydrogen-bond acceptors (Lipinski definition) is 4. The van der Waals surface area contributed by atoms with E-state index in [2.05, 4.69) is 20.4 Å². The van der Waals surface area contributed by atoms with Gasteiger partial charge in [-0.2, -0.15) is 5.10 Å². The molecule has 3 heterocycles. The smallest absolute Gasteiger partial charge is 0.163 e. The largest absolute Gasteiger partial charge is 0.369 e. The van der Waals surface area contributed by atoms with Gasteiger partial charge in [0.15, 0.2) is 5.65 Å². The summed E-state index contributed by atoms with van der Waals surface area (Å²) < 4.78 is 1.82. The highest BCUT2D eigenvalue weighted by atomic mass is 15.3. The second kappa shape index (κ2) is 2.67. The number of nitrogens with one attached hydrogen (secondary N) is 1. The number of nitrogens with zero attached hydrogens (tertiary/aromatic N) is 4. The van der Waals surface area contributed by atoms with E-state index in [4.69, 9.17) is 0 Å². The molecule has 1 aliphatic rings. The van der Waals surface area contributed by atoms with E-state index >= 15 is 0 Å². The molecule has 0 bridgehead atoms. The van der Waals surface area contributed by atoms with Gasteiger partial charge in [0.05, 0.1) is 11.1 Å². The van der Waals surface area contributed by atoms with Crippen LogP contribution in [0.1, 0.15) is 12.1 Å². The Labute approximate surface area is 81.2 Å². The van der Waals surface area contributed by atoms with Crippen LogP contribution in [0.2, 0.25) is 0 Å². The molecule has 1 N–H and O–H groups in total. The molecule has 0 fully saturated rings. The third-order valence-corrected chi connectivity index (χ3v) is 2.58. The fraction of sp³-hybridized carbons (Fsp3) is 0.444. The second-order valence-electron chi connectivity index (χ2n) is 3.52. The molecular formula is C9H11N5. The predicted molar refractivity (Wildman–Crippen MR) is 53.1 cm³/mol. The van der Waals surface area contributed by atoms with Crippen molar-refractivity contribution in [1.82, 2.24) is 19.7 Å². The lowest BCUT2D eigenvalue weighted by Crippen LogP contribution is -2.03. The molecule has 0 atom stereocenters. The first-order valence-electron chi connectivity index (χ1n) is 4.77. The second-order valence-corrected chi connectivity index (χ2v) is 3.52. The Balaban J connectivity index is 2.42. The maximum absolute atomic E-state index is 4.45. The molecule has 2 aromatic heterocycles. The molecule has 14 heavy (non-hydrogen) atoms. The normalized spacial score (nSPS) is 15.2. The Morgan fingerprint density at radius 3 is 3.29 bits per heavy atom. The fourth-order valence-corrected chi connectivity index (χ4v) is 1.94. The Morgan fingerprint density at radius 2 is 2.36 bits per heavy atom. The van der Waals surface area contributed by atoms with Crippen LogP contribution < -0.4 is 5.32 Å². The van der Waals surface area contributed by atoms with Gasteiger partial charge in [-0.25, -0.2) is 9.97 Å². The molecule has 1 aliphatic heterocycles. The van der Waals surface area contributed by atoms with Gasteiger partial charge in [-0.1, -0.05) is 0 Å². The van der Waals surface area contributed by atoms with E-state index in [9.17, 15) is 0 Å². The minimum absolute atomic E-state index is 0.916. The molecule has 0 radical (unpaired) electrons. The molecule has 0 aromatic carbocycles. The first-order valence-corrected chi connectivity index (χ1v) is 4.77. The van der Waals surface area contributed by atoms with Gasteiger partial charge < -0.3 is 5.32 Å². The molecule has 0 amide bonds. The third kappa shape index (κ3) is 0.921. The lowest BCUT2D eigenvalue weighted by molar-refractivity contribution is 0.739. The Morgan fingerprint density at radius 1 is 1.43 bits per heavy atom. The summed E-state index contributed by atoms with van der Waals surface area (Å²) in [5.74, 6) is 0.926. The molecule has 2 aromatic rings. The van der Waals surface area contributed by atoms with Crippen LogP contribution in [0.15, 0.2) is 6.33 Å². The van der Waals surface area contributed by atoms with Crippen molar-refractivity contribution in [3.63, 3.8) is 0 Å². The van der Waals surface area contributed by atoms with Crippen LogP contribution >= 0.6 is 0 Å². The van der Waals surface area contributed by atoms with Crippen LogP contribution in [0.5, 0.6) is 0 Å². The number of anilines is 1. The Kier molecular flexibility index (Phi) is 1.47. The Hall–Kier alpha value is -1.65. The SMILES string of the molecule is Cn1nc2c3c(ncnc31)NCCC2. The van der Waals surface area contributed by atoms with Crippen molar-refractivity contribution in [2.24, 2.45) is 7.05 Å². The highest BCUT2D eigenvalue weighted by molar-refractivity contribution is 5.89. The Bertz CT molecular complexity index is 487. The lowest BCUT2D eigenvalue weighted by Gasteiger charge is -2.01. The molecular weight excluding hydrogens is 178 g/mol. The quantitative estimate of drug-likeness (QED) is 0.663. The van der Waals surface area contributed by atoms with Gasteiger partial charge in [0, 0.05) is 13.6 Å². The highest BCUT2D eigenvalue weighted by Crippen LogP contribution is 2.25. The van der Waals surface area contributed by atoms with Crippen molar-refractivity contribution in [3.8, 4) is 0 Å². The fourth-order valence-electron chi connectivity index (χ4n) is 1.94. The number of hydrogen-bond donors (Lipinski definition) is 1. The van der Waals surface area contributed by atoms with E-state index in [0.29, 0.717) is 0 Å². The summed E-state index contributed by atoms with van der Waals surface area (Å²) in [5, 5.41) is 8.84. The third-order valence-electron chi connectivity index (χ3n) is 2.58. The molecule has 0 spiro atoms. The average Bonchev–Trinajstić information content (AvgIpc) is 2.41. The van der Waals surface area contributed by atoms with E-state index in [1.54, 1.807) is 6.33 Å². The standard InChI is InChI=1S/C9H11N5/c1-14-9-7-6(13-14)3-2-4-10-8(7)11-5-12-9/h5H,2-4H2,1H3,(H,10,11,12). The summed E-state index contributed by atoms with van der Waals surface area (Å²) in [4.78, 5) is 8.47. The lowest BCUT2D eigenvalue weighted by atomic mass is 10.2. The van der Waals surface area contributed by atoms with Crippen molar-refractivity contribution < 1.29 is 0 Å². The molecule has 3 rings (SSSR count). The highest BCUT2D eigenvalue weighted by Gasteiger charge is 2.16. The molecule has 0 saturated heterocycles. The van der Waals surface area contributed by atoms with Crippen molar-refractivity contribution in [3.05, 3.63) is 12.0 Å². The summed E-state index contributed by atoms with van der Waals surface area (Å²) >= 11 is 0. The summed E-state index contributed by atoms with van der Waals surface area (Å²) in [6, 6.07) is 0. The van der Waals surface area contributed by atoms with E-state index in [0.717, 1.165) is 41.9 Å². The molecule has 72 valence electrons. The van der Waals surface area contributed by atoms with Crippen LogP contribution in [0.25, 0.3) is 11.0 Å². The first-order chi connectivity index (χ1) is 6.86. The zero-order chi connectivity index (χ0) is 9.54. The average molecular weight is 189 g/mol. The van der Waals surface area contributed by atoms with Crippen molar-refractivity contribution in [2.75, 3.05) is 11.9 Å². The van der Waals surface area contributed by atoms with Gasteiger partial charge in [0.1, 0.15) is 12.1 Å². The van der Waals surface area contributed by atoms with E-state index < -0.39 is 0 Å². The first kappa shape index (κ1) is 7.73. The summed E-state index contributed by atoms with van der Waals surface area (Å²) in [6.45, 7) is 0.964. The molecule has 0 saturated carbocycles. The zero-order valence-corrected chi connectivity index (χ0v) is 7.99. The maximum atomic E-state index is 4.45. The summed E-state index contributed by atoms with van der Waals surface area (Å²) in [7, 11) is 1.92. The molecule has 0 unspecified atom stereocenters. The summed E-state index contributed by atoms with van der Waals surface area (Å²) in [5.41, 5.74) is 2.03. The predicted octanol–water partition coefficient (Wildman–Crippen LogP) is 0.721.